The minimum Gasteiger partial charge on any atom is -0.494 e. The summed E-state index contributed by atoms with van der Waals surface area (Å²) in [5.41, 5.74) is 1.93. The van der Waals surface area contributed by atoms with E-state index in [-0.39, 0.29) is 11.0 Å². The number of benzene rings is 3. The van der Waals surface area contributed by atoms with Gasteiger partial charge in [-0.15, -0.1) is 0 Å². The van der Waals surface area contributed by atoms with Gasteiger partial charge in [0.05, 0.1) is 30.5 Å². The van der Waals surface area contributed by atoms with Crippen molar-refractivity contribution in [3.8, 4) is 11.5 Å². The van der Waals surface area contributed by atoms with Crippen molar-refractivity contribution in [2.45, 2.75) is 13.3 Å². The molecule has 0 spiro atoms. The van der Waals surface area contributed by atoms with Crippen molar-refractivity contribution >= 4 is 46.4 Å². The van der Waals surface area contributed by atoms with E-state index in [2.05, 4.69) is 10.6 Å². The highest BCUT2D eigenvalue weighted by molar-refractivity contribution is 7.80. The maximum absolute atomic E-state index is 12.8. The molecule has 0 fully saturated rings. The minimum atomic E-state index is -0.418. The zero-order valence-corrected chi connectivity index (χ0v) is 20.0. The van der Waals surface area contributed by atoms with Crippen molar-refractivity contribution in [1.29, 1.82) is 0 Å². The lowest BCUT2D eigenvalue weighted by Gasteiger charge is -2.19. The van der Waals surface area contributed by atoms with Crippen LogP contribution in [0.4, 0.5) is 11.4 Å². The number of thiocarbonyl (C=S) groups is 1. The lowest BCUT2D eigenvalue weighted by atomic mass is 10.1. The summed E-state index contributed by atoms with van der Waals surface area (Å²) >= 11 is 5.27. The van der Waals surface area contributed by atoms with Crippen LogP contribution in [0.25, 0.3) is 0 Å². The topological polar surface area (TPSA) is 97.0 Å². The van der Waals surface area contributed by atoms with Gasteiger partial charge >= 0.3 is 0 Å². The fraction of sp³-hybridized carbons (Fsp3) is 0.154. The van der Waals surface area contributed by atoms with E-state index in [0.717, 1.165) is 11.3 Å². The molecular weight excluding hydrogens is 466 g/mol. The predicted octanol–water partition coefficient (Wildman–Crippen LogP) is 4.41. The Bertz CT molecular complexity index is 1270. The molecule has 4 rings (SSSR count). The highest BCUT2D eigenvalue weighted by atomic mass is 32.1. The average molecular weight is 490 g/mol. The molecule has 2 N–H and O–H groups in total. The second-order valence-electron chi connectivity index (χ2n) is 7.66. The summed E-state index contributed by atoms with van der Waals surface area (Å²) in [5.74, 6) is -0.230. The van der Waals surface area contributed by atoms with E-state index in [9.17, 15) is 14.4 Å². The number of ether oxygens (including phenoxy) is 2. The molecule has 35 heavy (non-hydrogen) atoms. The van der Waals surface area contributed by atoms with Crippen molar-refractivity contribution in [2.75, 3.05) is 23.9 Å². The highest BCUT2D eigenvalue weighted by Crippen LogP contribution is 2.36. The number of hydrogen-bond acceptors (Lipinski definition) is 6. The Balaban J connectivity index is 1.44. The zero-order valence-electron chi connectivity index (χ0n) is 19.2. The number of nitrogens with one attached hydrogen (secondary N) is 2. The van der Waals surface area contributed by atoms with Gasteiger partial charge in [0.2, 0.25) is 0 Å². The van der Waals surface area contributed by atoms with Crippen molar-refractivity contribution < 1.29 is 23.9 Å². The van der Waals surface area contributed by atoms with E-state index in [1.54, 1.807) is 66.7 Å². The molecule has 0 atom stereocenters. The summed E-state index contributed by atoms with van der Waals surface area (Å²) in [6, 6.07) is 18.2. The molecule has 9 heteroatoms. The number of rotatable bonds is 7. The number of carbonyl (C=O) groups is 3. The largest absolute Gasteiger partial charge is 0.494 e. The summed E-state index contributed by atoms with van der Waals surface area (Å²) in [6.07, 6.45) is 0.895. The van der Waals surface area contributed by atoms with Gasteiger partial charge in [-0.3, -0.25) is 19.7 Å². The lowest BCUT2D eigenvalue weighted by molar-refractivity contribution is 0.0922. The number of amides is 3. The van der Waals surface area contributed by atoms with E-state index in [0.29, 0.717) is 46.2 Å². The van der Waals surface area contributed by atoms with Gasteiger partial charge in [-0.1, -0.05) is 19.1 Å². The smallest absolute Gasteiger partial charge is 0.266 e. The molecule has 0 saturated carbocycles. The predicted molar refractivity (Wildman–Crippen MR) is 136 cm³/mol. The Hall–Kier alpha value is -4.24. The third kappa shape index (κ3) is 4.99. The lowest BCUT2D eigenvalue weighted by Crippen LogP contribution is -2.34. The summed E-state index contributed by atoms with van der Waals surface area (Å²) in [7, 11) is 1.44. The SMILES string of the molecule is CCCOc1ccc(C(=O)NC(=S)Nc2ccc(N3C(=O)c4ccccc4C3=O)c(OC)c2)cc1. The fourth-order valence-electron chi connectivity index (χ4n) is 3.61. The molecular formula is C26H23N3O5S. The van der Waals surface area contributed by atoms with Crippen LogP contribution in [-0.4, -0.2) is 36.6 Å². The second kappa shape index (κ2) is 10.4. The Labute approximate surface area is 207 Å². The van der Waals surface area contributed by atoms with E-state index in [1.807, 2.05) is 6.92 Å². The van der Waals surface area contributed by atoms with Crippen LogP contribution in [0.5, 0.6) is 11.5 Å². The number of methoxy groups -OCH3 is 1. The molecule has 3 aromatic carbocycles. The van der Waals surface area contributed by atoms with Gasteiger partial charge in [-0.05, 0) is 67.2 Å². The Kier molecular flexibility index (Phi) is 7.07. The maximum Gasteiger partial charge on any atom is 0.266 e. The number of carbonyl (C=O) groups excluding carboxylic acids is 3. The molecule has 1 aliphatic heterocycles. The van der Waals surface area contributed by atoms with Crippen LogP contribution in [0.2, 0.25) is 0 Å². The molecule has 8 nitrogen and oxygen atoms in total. The number of fused-ring (bicyclic) bond motifs is 1. The van der Waals surface area contributed by atoms with Gasteiger partial charge in [0, 0.05) is 17.3 Å². The maximum atomic E-state index is 12.8. The van der Waals surface area contributed by atoms with Crippen LogP contribution in [-0.2, 0) is 0 Å². The van der Waals surface area contributed by atoms with E-state index < -0.39 is 11.8 Å². The molecule has 3 amide bonds. The standard InChI is InChI=1S/C26H23N3O5S/c1-3-14-34-18-11-8-16(9-12-18)23(30)28-26(35)27-17-10-13-21(22(15-17)33-2)29-24(31)19-6-4-5-7-20(19)25(29)32/h4-13,15H,3,14H2,1-2H3,(H2,27,28,30,35). The van der Waals surface area contributed by atoms with E-state index in [4.69, 9.17) is 21.7 Å². The molecule has 0 aliphatic carbocycles. The van der Waals surface area contributed by atoms with Crippen molar-refractivity contribution in [3.05, 3.63) is 83.4 Å². The van der Waals surface area contributed by atoms with Crippen molar-refractivity contribution in [3.63, 3.8) is 0 Å². The van der Waals surface area contributed by atoms with Crippen LogP contribution in [0.15, 0.2) is 66.7 Å². The van der Waals surface area contributed by atoms with E-state index >= 15 is 0 Å². The first-order valence-electron chi connectivity index (χ1n) is 10.9. The van der Waals surface area contributed by atoms with Crippen LogP contribution in [0, 0.1) is 0 Å². The molecule has 3 aromatic rings. The molecule has 0 unspecified atom stereocenters. The summed E-state index contributed by atoms with van der Waals surface area (Å²) in [5, 5.41) is 5.62. The summed E-state index contributed by atoms with van der Waals surface area (Å²) in [6.45, 7) is 2.62. The van der Waals surface area contributed by atoms with Crippen LogP contribution >= 0.6 is 12.2 Å². The highest BCUT2D eigenvalue weighted by Gasteiger charge is 2.37. The van der Waals surface area contributed by atoms with Gasteiger partial charge < -0.3 is 14.8 Å². The quantitative estimate of drug-likeness (QED) is 0.375. The van der Waals surface area contributed by atoms with Crippen LogP contribution < -0.4 is 25.0 Å². The summed E-state index contributed by atoms with van der Waals surface area (Å²) in [4.78, 5) is 39.3. The molecule has 0 bridgehead atoms. The molecule has 1 aliphatic rings. The second-order valence-corrected chi connectivity index (χ2v) is 8.07. The number of imide groups is 1. The normalized spacial score (nSPS) is 12.2. The number of anilines is 2. The van der Waals surface area contributed by atoms with Gasteiger partial charge in [0.15, 0.2) is 5.11 Å². The van der Waals surface area contributed by atoms with Gasteiger partial charge in [-0.2, -0.15) is 0 Å². The van der Waals surface area contributed by atoms with Crippen molar-refractivity contribution in [2.24, 2.45) is 0 Å². The van der Waals surface area contributed by atoms with Crippen LogP contribution in [0.3, 0.4) is 0 Å². The first kappa shape index (κ1) is 23.9. The van der Waals surface area contributed by atoms with Gasteiger partial charge in [0.25, 0.3) is 17.7 Å². The molecule has 0 saturated heterocycles. The third-order valence-electron chi connectivity index (χ3n) is 5.29. The number of nitrogens with zero attached hydrogens (tertiary/aromatic N) is 1. The first-order valence-corrected chi connectivity index (χ1v) is 11.3. The van der Waals surface area contributed by atoms with Gasteiger partial charge in [-0.25, -0.2) is 4.90 Å². The van der Waals surface area contributed by atoms with E-state index in [1.165, 1.54) is 7.11 Å². The first-order chi connectivity index (χ1) is 16.9. The molecule has 178 valence electrons. The molecule has 0 aromatic heterocycles. The summed E-state index contributed by atoms with van der Waals surface area (Å²) < 4.78 is 11.0. The molecule has 1 heterocycles. The Morgan fingerprint density at radius 2 is 1.63 bits per heavy atom. The fourth-order valence-corrected chi connectivity index (χ4v) is 3.82. The zero-order chi connectivity index (χ0) is 24.9. The Morgan fingerprint density at radius 1 is 0.971 bits per heavy atom. The van der Waals surface area contributed by atoms with Crippen molar-refractivity contribution in [1.82, 2.24) is 5.32 Å². The monoisotopic (exact) mass is 489 g/mol. The van der Waals surface area contributed by atoms with Gasteiger partial charge in [0.1, 0.15) is 11.5 Å². The average Bonchev–Trinajstić information content (AvgIpc) is 3.12. The number of hydrogen-bond donors (Lipinski definition) is 2. The van der Waals surface area contributed by atoms with Crippen LogP contribution in [0.1, 0.15) is 44.4 Å². The molecule has 0 radical (unpaired) electrons. The minimum absolute atomic E-state index is 0.0804. The third-order valence-corrected chi connectivity index (χ3v) is 5.49. The Morgan fingerprint density at radius 3 is 2.23 bits per heavy atom.